The molecule has 0 aliphatic carbocycles. The lowest BCUT2D eigenvalue weighted by atomic mass is 10.0. The van der Waals surface area contributed by atoms with Crippen LogP contribution in [0.5, 0.6) is 5.75 Å². The summed E-state index contributed by atoms with van der Waals surface area (Å²) in [5, 5.41) is 0. The van der Waals surface area contributed by atoms with Crippen LogP contribution in [0.2, 0.25) is 0 Å². The predicted molar refractivity (Wildman–Crippen MR) is 87.5 cm³/mol. The van der Waals surface area contributed by atoms with Crippen molar-refractivity contribution in [3.05, 3.63) is 23.8 Å². The number of rotatable bonds is 6. The number of carbonyl (C=O) groups excluding carboxylic acids is 1. The molecule has 4 heteroatoms. The number of nitrogens with zero attached hydrogens (tertiary/aromatic N) is 1. The number of aryl methyl sites for hydroxylation is 1. The first-order valence-corrected chi connectivity index (χ1v) is 7.61. The van der Waals surface area contributed by atoms with Gasteiger partial charge in [0.2, 0.25) is 5.91 Å². The molecule has 1 amide bonds. The average molecular weight is 292 g/mol. The van der Waals surface area contributed by atoms with Crippen molar-refractivity contribution < 1.29 is 9.53 Å². The molecule has 0 atom stereocenters. The number of ether oxygens (including phenoxy) is 1. The molecule has 0 unspecified atom stereocenters. The standard InChI is InChI=1S/C17H28N2O2/c1-6-19(17(3,4)5)16(20)11-9-13-8-10-15(21-7-2)14(18)12-13/h8,10,12H,6-7,9,11,18H2,1-5H3. The summed E-state index contributed by atoms with van der Waals surface area (Å²) in [7, 11) is 0. The molecule has 1 aromatic rings. The maximum Gasteiger partial charge on any atom is 0.223 e. The summed E-state index contributed by atoms with van der Waals surface area (Å²) in [5.41, 5.74) is 7.51. The van der Waals surface area contributed by atoms with Crippen LogP contribution in [0, 0.1) is 0 Å². The van der Waals surface area contributed by atoms with Crippen molar-refractivity contribution in [2.24, 2.45) is 0 Å². The van der Waals surface area contributed by atoms with E-state index in [0.29, 0.717) is 30.9 Å². The fraction of sp³-hybridized carbons (Fsp3) is 0.588. The van der Waals surface area contributed by atoms with Gasteiger partial charge in [0.1, 0.15) is 5.75 Å². The summed E-state index contributed by atoms with van der Waals surface area (Å²) in [6.07, 6.45) is 1.19. The van der Waals surface area contributed by atoms with E-state index < -0.39 is 0 Å². The molecule has 0 saturated carbocycles. The van der Waals surface area contributed by atoms with Gasteiger partial charge in [-0.2, -0.15) is 0 Å². The maximum atomic E-state index is 12.3. The summed E-state index contributed by atoms with van der Waals surface area (Å²) in [5.74, 6) is 0.884. The Bertz CT molecular complexity index is 478. The molecule has 0 aliphatic heterocycles. The minimum Gasteiger partial charge on any atom is -0.492 e. The highest BCUT2D eigenvalue weighted by Crippen LogP contribution is 2.23. The van der Waals surface area contributed by atoms with Gasteiger partial charge in [-0.1, -0.05) is 6.07 Å². The van der Waals surface area contributed by atoms with Crippen LogP contribution < -0.4 is 10.5 Å². The maximum absolute atomic E-state index is 12.3. The van der Waals surface area contributed by atoms with Crippen molar-refractivity contribution in [2.45, 2.75) is 53.0 Å². The summed E-state index contributed by atoms with van der Waals surface area (Å²) >= 11 is 0. The van der Waals surface area contributed by atoms with E-state index in [-0.39, 0.29) is 11.4 Å². The number of benzene rings is 1. The normalized spacial score (nSPS) is 11.3. The summed E-state index contributed by atoms with van der Waals surface area (Å²) < 4.78 is 5.42. The first kappa shape index (κ1) is 17.3. The van der Waals surface area contributed by atoms with Gasteiger partial charge < -0.3 is 15.4 Å². The number of anilines is 1. The van der Waals surface area contributed by atoms with Crippen LogP contribution in [0.4, 0.5) is 5.69 Å². The fourth-order valence-corrected chi connectivity index (χ4v) is 2.45. The minimum absolute atomic E-state index is 0.135. The molecule has 4 nitrogen and oxygen atoms in total. The van der Waals surface area contributed by atoms with Gasteiger partial charge in [-0.15, -0.1) is 0 Å². The highest BCUT2D eigenvalue weighted by molar-refractivity contribution is 5.77. The monoisotopic (exact) mass is 292 g/mol. The SMILES string of the molecule is CCOc1ccc(CCC(=O)N(CC)C(C)(C)C)cc1N. The molecule has 21 heavy (non-hydrogen) atoms. The van der Waals surface area contributed by atoms with Gasteiger partial charge in [0.05, 0.1) is 12.3 Å². The largest absolute Gasteiger partial charge is 0.492 e. The van der Waals surface area contributed by atoms with Gasteiger partial charge in [0.15, 0.2) is 0 Å². The molecule has 0 aliphatic rings. The highest BCUT2D eigenvalue weighted by Gasteiger charge is 2.24. The van der Waals surface area contributed by atoms with Gasteiger partial charge in [-0.25, -0.2) is 0 Å². The van der Waals surface area contributed by atoms with E-state index in [1.54, 1.807) is 0 Å². The van der Waals surface area contributed by atoms with Crippen LogP contribution >= 0.6 is 0 Å². The van der Waals surface area contributed by atoms with E-state index in [4.69, 9.17) is 10.5 Å². The predicted octanol–water partition coefficient (Wildman–Crippen LogP) is 3.25. The van der Waals surface area contributed by atoms with E-state index in [9.17, 15) is 4.79 Å². The Morgan fingerprint density at radius 2 is 1.95 bits per heavy atom. The van der Waals surface area contributed by atoms with Crippen LogP contribution in [0.25, 0.3) is 0 Å². The molecule has 1 aromatic carbocycles. The first-order valence-electron chi connectivity index (χ1n) is 7.61. The molecular formula is C17H28N2O2. The quantitative estimate of drug-likeness (QED) is 0.819. The fourth-order valence-electron chi connectivity index (χ4n) is 2.45. The van der Waals surface area contributed by atoms with Crippen molar-refractivity contribution in [3.63, 3.8) is 0 Å². The number of hydrogen-bond acceptors (Lipinski definition) is 3. The Kier molecular flexibility index (Phi) is 6.06. The molecule has 0 saturated heterocycles. The Morgan fingerprint density at radius 3 is 2.43 bits per heavy atom. The van der Waals surface area contributed by atoms with E-state index in [0.717, 1.165) is 12.1 Å². The molecule has 0 radical (unpaired) electrons. The molecule has 1 rings (SSSR count). The lowest BCUT2D eigenvalue weighted by Crippen LogP contribution is -2.45. The zero-order valence-corrected chi connectivity index (χ0v) is 13.9. The Labute approximate surface area is 128 Å². The molecule has 0 bridgehead atoms. The van der Waals surface area contributed by atoms with Crippen molar-refractivity contribution in [2.75, 3.05) is 18.9 Å². The minimum atomic E-state index is -0.135. The van der Waals surface area contributed by atoms with E-state index >= 15 is 0 Å². The van der Waals surface area contributed by atoms with E-state index in [2.05, 4.69) is 20.8 Å². The van der Waals surface area contributed by atoms with Crippen LogP contribution in [-0.4, -0.2) is 29.5 Å². The van der Waals surface area contributed by atoms with Gasteiger partial charge >= 0.3 is 0 Å². The van der Waals surface area contributed by atoms with E-state index in [1.165, 1.54) is 0 Å². The molecule has 118 valence electrons. The topological polar surface area (TPSA) is 55.6 Å². The third-order valence-corrected chi connectivity index (χ3v) is 3.43. The van der Waals surface area contributed by atoms with Crippen LogP contribution in [0.3, 0.4) is 0 Å². The smallest absolute Gasteiger partial charge is 0.223 e. The van der Waals surface area contributed by atoms with Gasteiger partial charge in [0.25, 0.3) is 0 Å². The van der Waals surface area contributed by atoms with E-state index in [1.807, 2.05) is 36.9 Å². The molecule has 2 N–H and O–H groups in total. The van der Waals surface area contributed by atoms with Crippen LogP contribution in [0.15, 0.2) is 18.2 Å². The lowest BCUT2D eigenvalue weighted by molar-refractivity contribution is -0.135. The average Bonchev–Trinajstić information content (AvgIpc) is 2.38. The molecule has 0 fully saturated rings. The number of hydrogen-bond donors (Lipinski definition) is 1. The Balaban J connectivity index is 2.67. The lowest BCUT2D eigenvalue weighted by Gasteiger charge is -2.35. The molecule has 0 aromatic heterocycles. The van der Waals surface area contributed by atoms with Gasteiger partial charge in [0, 0.05) is 18.5 Å². The zero-order valence-electron chi connectivity index (χ0n) is 13.9. The second kappa shape index (κ2) is 7.34. The zero-order chi connectivity index (χ0) is 16.0. The number of nitrogen functional groups attached to an aromatic ring is 1. The van der Waals surface area contributed by atoms with Crippen molar-refractivity contribution in [1.82, 2.24) is 4.90 Å². The third kappa shape index (κ3) is 4.96. The summed E-state index contributed by atoms with van der Waals surface area (Å²) in [6.45, 7) is 11.4. The van der Waals surface area contributed by atoms with Crippen LogP contribution in [-0.2, 0) is 11.2 Å². The Morgan fingerprint density at radius 1 is 1.29 bits per heavy atom. The van der Waals surface area contributed by atoms with Gasteiger partial charge in [-0.05, 0) is 58.7 Å². The molecule has 0 heterocycles. The van der Waals surface area contributed by atoms with Crippen LogP contribution in [0.1, 0.15) is 46.6 Å². The van der Waals surface area contributed by atoms with Crippen molar-refractivity contribution in [1.29, 1.82) is 0 Å². The molecule has 0 spiro atoms. The van der Waals surface area contributed by atoms with Crippen molar-refractivity contribution >= 4 is 11.6 Å². The second-order valence-electron chi connectivity index (χ2n) is 6.11. The third-order valence-electron chi connectivity index (χ3n) is 3.43. The van der Waals surface area contributed by atoms with Crippen molar-refractivity contribution in [3.8, 4) is 5.75 Å². The number of amides is 1. The van der Waals surface area contributed by atoms with Gasteiger partial charge in [-0.3, -0.25) is 4.79 Å². The second-order valence-corrected chi connectivity index (χ2v) is 6.11. The Hall–Kier alpha value is -1.71. The number of carbonyl (C=O) groups is 1. The number of nitrogens with two attached hydrogens (primary N) is 1. The molecular weight excluding hydrogens is 264 g/mol. The highest BCUT2D eigenvalue weighted by atomic mass is 16.5. The first-order chi connectivity index (χ1) is 9.79. The summed E-state index contributed by atoms with van der Waals surface area (Å²) in [4.78, 5) is 14.2. The summed E-state index contributed by atoms with van der Waals surface area (Å²) in [6, 6.07) is 5.74.